The van der Waals surface area contributed by atoms with Crippen molar-refractivity contribution in [1.29, 1.82) is 0 Å². The predicted octanol–water partition coefficient (Wildman–Crippen LogP) is 4.37. The molecule has 0 heterocycles. The number of benzene rings is 2. The van der Waals surface area contributed by atoms with Gasteiger partial charge in [0.15, 0.2) is 11.9 Å². The minimum absolute atomic E-state index is 0.176. The summed E-state index contributed by atoms with van der Waals surface area (Å²) in [5, 5.41) is 2.31. The first-order chi connectivity index (χ1) is 9.20. The molecule has 2 heteroatoms. The normalized spacial score (nSPS) is 12.3. The molecule has 0 bridgehead atoms. The van der Waals surface area contributed by atoms with Crippen LogP contribution in [-0.4, -0.2) is 11.9 Å². The summed E-state index contributed by atoms with van der Waals surface area (Å²) in [6.07, 6.45) is 2.21. The highest BCUT2D eigenvalue weighted by molar-refractivity contribution is 5.85. The second kappa shape index (κ2) is 6.37. The van der Waals surface area contributed by atoms with E-state index in [4.69, 9.17) is 4.74 Å². The summed E-state index contributed by atoms with van der Waals surface area (Å²) in [6.45, 7) is 3.91. The third kappa shape index (κ3) is 3.57. The van der Waals surface area contributed by atoms with Gasteiger partial charge >= 0.3 is 0 Å². The molecule has 1 unspecified atom stereocenters. The number of hydrogen-bond acceptors (Lipinski definition) is 2. The Kier molecular flexibility index (Phi) is 4.56. The molecule has 0 saturated heterocycles. The van der Waals surface area contributed by atoms with Crippen LogP contribution in [0.25, 0.3) is 10.8 Å². The van der Waals surface area contributed by atoms with Crippen molar-refractivity contribution < 1.29 is 9.53 Å². The summed E-state index contributed by atoms with van der Waals surface area (Å²) in [5.41, 5.74) is 0. The Hall–Kier alpha value is -1.83. The molecule has 0 saturated carbocycles. The van der Waals surface area contributed by atoms with E-state index in [0.29, 0.717) is 6.42 Å². The Bertz CT molecular complexity index is 560. The third-order valence-electron chi connectivity index (χ3n) is 3.26. The minimum atomic E-state index is -0.368. The lowest BCUT2D eigenvalue weighted by atomic mass is 10.1. The number of unbranched alkanes of at least 4 members (excludes halogenated alkanes) is 1. The number of carbonyl (C=O) groups excluding carboxylic acids is 1. The van der Waals surface area contributed by atoms with Crippen molar-refractivity contribution in [1.82, 2.24) is 0 Å². The van der Waals surface area contributed by atoms with Gasteiger partial charge in [-0.1, -0.05) is 43.7 Å². The minimum Gasteiger partial charge on any atom is -0.483 e. The molecule has 0 aliphatic heterocycles. The maximum atomic E-state index is 11.8. The molecule has 0 fully saturated rings. The maximum absolute atomic E-state index is 11.8. The zero-order chi connectivity index (χ0) is 13.7. The number of Topliss-reactive ketones (excluding diaryl/α,β-unsaturated/α-hetero) is 1. The average molecular weight is 256 g/mol. The van der Waals surface area contributed by atoms with Crippen LogP contribution in [0.5, 0.6) is 5.75 Å². The van der Waals surface area contributed by atoms with Gasteiger partial charge in [-0.3, -0.25) is 4.79 Å². The molecule has 0 aliphatic rings. The van der Waals surface area contributed by atoms with Gasteiger partial charge in [0.05, 0.1) is 0 Å². The number of fused-ring (bicyclic) bond motifs is 1. The SMILES string of the molecule is CCCCC(=O)C(C)Oc1ccc2ccccc2c1. The second-order valence-electron chi connectivity index (χ2n) is 4.84. The molecular formula is C17H20O2. The van der Waals surface area contributed by atoms with Gasteiger partial charge in [-0.05, 0) is 36.2 Å². The standard InChI is InChI=1S/C17H20O2/c1-3-4-9-17(18)13(2)19-16-11-10-14-7-5-6-8-15(14)12-16/h5-8,10-13H,3-4,9H2,1-2H3. The zero-order valence-corrected chi connectivity index (χ0v) is 11.6. The quantitative estimate of drug-likeness (QED) is 0.767. The smallest absolute Gasteiger partial charge is 0.172 e. The van der Waals surface area contributed by atoms with Crippen LogP contribution in [0.1, 0.15) is 33.1 Å². The fraction of sp³-hybridized carbons (Fsp3) is 0.353. The van der Waals surface area contributed by atoms with E-state index in [0.717, 1.165) is 24.0 Å². The lowest BCUT2D eigenvalue weighted by molar-refractivity contribution is -0.125. The van der Waals surface area contributed by atoms with Crippen molar-refractivity contribution in [2.75, 3.05) is 0 Å². The van der Waals surface area contributed by atoms with Crippen LogP contribution >= 0.6 is 0 Å². The van der Waals surface area contributed by atoms with E-state index < -0.39 is 0 Å². The molecule has 2 aromatic rings. The molecule has 0 amide bonds. The molecule has 2 aromatic carbocycles. The molecule has 2 rings (SSSR count). The number of rotatable bonds is 6. The summed E-state index contributed by atoms with van der Waals surface area (Å²) in [6, 6.07) is 14.1. The Balaban J connectivity index is 2.06. The second-order valence-corrected chi connectivity index (χ2v) is 4.84. The van der Waals surface area contributed by atoms with E-state index in [1.54, 1.807) is 0 Å². The first-order valence-electron chi connectivity index (χ1n) is 6.89. The molecule has 19 heavy (non-hydrogen) atoms. The highest BCUT2D eigenvalue weighted by atomic mass is 16.5. The van der Waals surface area contributed by atoms with Crippen LogP contribution in [-0.2, 0) is 4.79 Å². The number of hydrogen-bond donors (Lipinski definition) is 0. The van der Waals surface area contributed by atoms with Gasteiger partial charge in [-0.15, -0.1) is 0 Å². The van der Waals surface area contributed by atoms with Crippen molar-refractivity contribution in [2.24, 2.45) is 0 Å². The van der Waals surface area contributed by atoms with Gasteiger partial charge in [0, 0.05) is 6.42 Å². The van der Waals surface area contributed by atoms with E-state index in [9.17, 15) is 4.79 Å². The molecule has 0 N–H and O–H groups in total. The number of ether oxygens (including phenoxy) is 1. The molecule has 2 nitrogen and oxygen atoms in total. The Morgan fingerprint density at radius 1 is 1.16 bits per heavy atom. The van der Waals surface area contributed by atoms with Crippen LogP contribution in [0.15, 0.2) is 42.5 Å². The van der Waals surface area contributed by atoms with Gasteiger partial charge in [0.25, 0.3) is 0 Å². The first kappa shape index (κ1) is 13.6. The first-order valence-corrected chi connectivity index (χ1v) is 6.89. The average Bonchev–Trinajstić information content (AvgIpc) is 2.44. The summed E-state index contributed by atoms with van der Waals surface area (Å²) >= 11 is 0. The van der Waals surface area contributed by atoms with Gasteiger partial charge in [0.1, 0.15) is 5.75 Å². The topological polar surface area (TPSA) is 26.3 Å². The summed E-state index contributed by atoms with van der Waals surface area (Å²) < 4.78 is 5.73. The molecule has 0 aromatic heterocycles. The van der Waals surface area contributed by atoms with Crippen molar-refractivity contribution in [3.05, 3.63) is 42.5 Å². The fourth-order valence-corrected chi connectivity index (χ4v) is 2.06. The Morgan fingerprint density at radius 3 is 2.63 bits per heavy atom. The van der Waals surface area contributed by atoms with Crippen LogP contribution in [0.3, 0.4) is 0 Å². The monoisotopic (exact) mass is 256 g/mol. The van der Waals surface area contributed by atoms with Crippen LogP contribution in [0.2, 0.25) is 0 Å². The van der Waals surface area contributed by atoms with Gasteiger partial charge in [-0.2, -0.15) is 0 Å². The van der Waals surface area contributed by atoms with E-state index in [1.807, 2.05) is 43.3 Å². The van der Waals surface area contributed by atoms with Gasteiger partial charge < -0.3 is 4.74 Å². The molecule has 100 valence electrons. The van der Waals surface area contributed by atoms with Gasteiger partial charge in [0.2, 0.25) is 0 Å². The van der Waals surface area contributed by atoms with Crippen LogP contribution < -0.4 is 4.74 Å². The number of ketones is 1. The van der Waals surface area contributed by atoms with Crippen molar-refractivity contribution in [3.8, 4) is 5.75 Å². The summed E-state index contributed by atoms with van der Waals surface area (Å²) in [5.74, 6) is 0.936. The summed E-state index contributed by atoms with van der Waals surface area (Å²) in [7, 11) is 0. The fourth-order valence-electron chi connectivity index (χ4n) is 2.06. The lowest BCUT2D eigenvalue weighted by Crippen LogP contribution is -2.23. The molecule has 1 atom stereocenters. The van der Waals surface area contributed by atoms with Crippen molar-refractivity contribution >= 4 is 16.6 Å². The zero-order valence-electron chi connectivity index (χ0n) is 11.6. The predicted molar refractivity (Wildman–Crippen MR) is 78.6 cm³/mol. The van der Waals surface area contributed by atoms with Crippen LogP contribution in [0.4, 0.5) is 0 Å². The summed E-state index contributed by atoms with van der Waals surface area (Å²) in [4.78, 5) is 11.8. The largest absolute Gasteiger partial charge is 0.483 e. The van der Waals surface area contributed by atoms with Gasteiger partial charge in [-0.25, -0.2) is 0 Å². The maximum Gasteiger partial charge on any atom is 0.172 e. The molecule has 0 radical (unpaired) electrons. The van der Waals surface area contributed by atoms with Crippen molar-refractivity contribution in [3.63, 3.8) is 0 Å². The third-order valence-corrected chi connectivity index (χ3v) is 3.26. The lowest BCUT2D eigenvalue weighted by Gasteiger charge is -2.14. The van der Waals surface area contributed by atoms with E-state index in [1.165, 1.54) is 5.39 Å². The molecule has 0 aliphatic carbocycles. The molecular weight excluding hydrogens is 236 g/mol. The molecule has 0 spiro atoms. The van der Waals surface area contributed by atoms with Crippen molar-refractivity contribution in [2.45, 2.75) is 39.2 Å². The van der Waals surface area contributed by atoms with Crippen LogP contribution in [0, 0.1) is 0 Å². The Morgan fingerprint density at radius 2 is 1.89 bits per heavy atom. The number of carbonyl (C=O) groups is 1. The van der Waals surface area contributed by atoms with E-state index in [-0.39, 0.29) is 11.9 Å². The van der Waals surface area contributed by atoms with E-state index >= 15 is 0 Å². The highest BCUT2D eigenvalue weighted by Crippen LogP contribution is 2.21. The highest BCUT2D eigenvalue weighted by Gasteiger charge is 2.13. The Labute approximate surface area is 114 Å². The van der Waals surface area contributed by atoms with E-state index in [2.05, 4.69) is 13.0 Å².